The summed E-state index contributed by atoms with van der Waals surface area (Å²) in [5, 5.41) is 6.70. The normalized spacial score (nSPS) is 39.8. The molecule has 2 atom stereocenters. The molecule has 8 heavy (non-hydrogen) atoms. The quantitative estimate of drug-likeness (QED) is 0.386. The zero-order chi connectivity index (χ0) is 5.98. The molecule has 0 spiro atoms. The first kappa shape index (κ1) is 7.49. The number of hydrogen-bond acceptors (Lipinski definition) is 2. The van der Waals surface area contributed by atoms with Gasteiger partial charge in [-0.2, -0.15) is 0 Å². The van der Waals surface area contributed by atoms with Crippen molar-refractivity contribution in [3.05, 3.63) is 0 Å². The van der Waals surface area contributed by atoms with Gasteiger partial charge in [0.1, 0.15) is 0 Å². The summed E-state index contributed by atoms with van der Waals surface area (Å²) in [6, 6.07) is 0. The molecule has 1 aliphatic rings. The zero-order valence-electron chi connectivity index (χ0n) is 4.32. The molecule has 0 amide bonds. The van der Waals surface area contributed by atoms with Crippen molar-refractivity contribution in [1.29, 1.82) is 0 Å². The molecule has 0 aromatic heterocycles. The van der Waals surface area contributed by atoms with Crippen LogP contribution in [-0.4, -0.2) is 21.2 Å². The highest BCUT2D eigenvalue weighted by molar-refractivity contribution is 14.1. The lowest BCUT2D eigenvalue weighted by molar-refractivity contribution is 0.506. The van der Waals surface area contributed by atoms with Gasteiger partial charge in [-0.3, -0.25) is 5.32 Å². The van der Waals surface area contributed by atoms with Crippen LogP contribution in [0.4, 0.5) is 0 Å². The fourth-order valence-electron chi connectivity index (χ4n) is 0.651. The van der Waals surface area contributed by atoms with E-state index in [1.807, 2.05) is 0 Å². The van der Waals surface area contributed by atoms with Crippen LogP contribution in [0.3, 0.4) is 0 Å². The van der Waals surface area contributed by atoms with E-state index in [4.69, 9.17) is 0 Å². The van der Waals surface area contributed by atoms with Crippen molar-refractivity contribution in [1.82, 2.24) is 10.6 Å². The van der Waals surface area contributed by atoms with Crippen LogP contribution in [0.5, 0.6) is 0 Å². The largest absolute Gasteiger partial charge is 0.312 e. The summed E-state index contributed by atoms with van der Waals surface area (Å²) in [5.41, 5.74) is 0. The molecule has 48 valence electrons. The Kier molecular flexibility index (Phi) is 3.30. The molecule has 0 aliphatic carbocycles. The highest BCUT2D eigenvalue weighted by atomic mass is 127. The molecule has 1 saturated heterocycles. The lowest BCUT2D eigenvalue weighted by Crippen LogP contribution is -2.49. The van der Waals surface area contributed by atoms with E-state index in [-0.39, 0.29) is 0 Å². The predicted molar refractivity (Wildman–Crippen MR) is 51.6 cm³/mol. The first-order valence-corrected chi connectivity index (χ1v) is 5.03. The summed E-state index contributed by atoms with van der Waals surface area (Å²) >= 11 is 4.79. The molecule has 0 radical (unpaired) electrons. The van der Waals surface area contributed by atoms with Crippen LogP contribution >= 0.6 is 45.2 Å². The summed E-state index contributed by atoms with van der Waals surface area (Å²) in [4.78, 5) is 0. The summed E-state index contributed by atoms with van der Waals surface area (Å²) in [6.45, 7) is 2.19. The van der Waals surface area contributed by atoms with E-state index in [0.29, 0.717) is 8.10 Å². The third-order valence-corrected chi connectivity index (χ3v) is 2.61. The number of alkyl halides is 2. The van der Waals surface area contributed by atoms with Gasteiger partial charge >= 0.3 is 0 Å². The van der Waals surface area contributed by atoms with Gasteiger partial charge in [-0.05, 0) is 0 Å². The lowest BCUT2D eigenvalue weighted by atomic mass is 10.4. The van der Waals surface area contributed by atoms with Crippen LogP contribution in [0.2, 0.25) is 0 Å². The standard InChI is InChI=1S/C4H8I2N2/c5-3-1-7-2-4(6)8-3/h3-4,7-8H,1-2H2. The van der Waals surface area contributed by atoms with Gasteiger partial charge in [0.2, 0.25) is 0 Å². The third-order valence-electron chi connectivity index (χ3n) is 1.01. The summed E-state index contributed by atoms with van der Waals surface area (Å²) in [6.07, 6.45) is 0. The van der Waals surface area contributed by atoms with Crippen LogP contribution in [-0.2, 0) is 0 Å². The molecule has 1 fully saturated rings. The minimum atomic E-state index is 0.614. The fourth-order valence-corrected chi connectivity index (χ4v) is 2.83. The maximum Gasteiger partial charge on any atom is 0.0728 e. The molecule has 1 heterocycles. The van der Waals surface area contributed by atoms with Crippen molar-refractivity contribution in [3.8, 4) is 0 Å². The van der Waals surface area contributed by atoms with E-state index in [9.17, 15) is 0 Å². The van der Waals surface area contributed by atoms with Crippen molar-refractivity contribution in [2.24, 2.45) is 0 Å². The summed E-state index contributed by atoms with van der Waals surface area (Å²) < 4.78 is 1.23. The van der Waals surface area contributed by atoms with Gasteiger partial charge in [0.15, 0.2) is 0 Å². The Balaban J connectivity index is 2.23. The second-order valence-electron chi connectivity index (χ2n) is 1.76. The number of hydrogen-bond donors (Lipinski definition) is 2. The lowest BCUT2D eigenvalue weighted by Gasteiger charge is -2.24. The minimum Gasteiger partial charge on any atom is -0.312 e. The van der Waals surface area contributed by atoms with Crippen molar-refractivity contribution in [2.75, 3.05) is 13.1 Å². The molecule has 0 saturated carbocycles. The molecule has 2 N–H and O–H groups in total. The van der Waals surface area contributed by atoms with Gasteiger partial charge in [0.05, 0.1) is 8.10 Å². The molecule has 2 nitrogen and oxygen atoms in total. The van der Waals surface area contributed by atoms with Gasteiger partial charge in [-0.1, -0.05) is 45.2 Å². The van der Waals surface area contributed by atoms with Crippen LogP contribution in [0.25, 0.3) is 0 Å². The maximum atomic E-state index is 3.39. The van der Waals surface area contributed by atoms with Gasteiger partial charge in [0, 0.05) is 13.1 Å². The van der Waals surface area contributed by atoms with Crippen molar-refractivity contribution in [3.63, 3.8) is 0 Å². The second kappa shape index (κ2) is 3.52. The van der Waals surface area contributed by atoms with E-state index in [1.165, 1.54) is 0 Å². The van der Waals surface area contributed by atoms with Crippen molar-refractivity contribution >= 4 is 45.2 Å². The Bertz CT molecular complexity index is 70.4. The molecule has 1 aliphatic heterocycles. The Labute approximate surface area is 76.5 Å². The molecule has 0 aromatic carbocycles. The van der Waals surface area contributed by atoms with Gasteiger partial charge in [0.25, 0.3) is 0 Å². The van der Waals surface area contributed by atoms with E-state index >= 15 is 0 Å². The number of nitrogens with one attached hydrogen (secondary N) is 2. The summed E-state index contributed by atoms with van der Waals surface area (Å²) in [7, 11) is 0. The van der Waals surface area contributed by atoms with Crippen LogP contribution in [0, 0.1) is 0 Å². The third kappa shape index (κ3) is 2.32. The van der Waals surface area contributed by atoms with Crippen LogP contribution in [0.15, 0.2) is 0 Å². The van der Waals surface area contributed by atoms with Crippen molar-refractivity contribution < 1.29 is 0 Å². The Morgan fingerprint density at radius 2 is 1.62 bits per heavy atom. The SMILES string of the molecule is IC1CNCC(I)N1. The molecule has 0 aromatic rings. The predicted octanol–water partition coefficient (Wildman–Crippen LogP) is 0.701. The first-order valence-electron chi connectivity index (χ1n) is 2.54. The van der Waals surface area contributed by atoms with Crippen LogP contribution in [0.1, 0.15) is 0 Å². The average molecular weight is 338 g/mol. The molecule has 2 unspecified atom stereocenters. The van der Waals surface area contributed by atoms with Crippen molar-refractivity contribution in [2.45, 2.75) is 8.10 Å². The smallest absolute Gasteiger partial charge is 0.0728 e. The minimum absolute atomic E-state index is 0.614. The first-order chi connectivity index (χ1) is 3.79. The monoisotopic (exact) mass is 338 g/mol. The number of rotatable bonds is 0. The van der Waals surface area contributed by atoms with E-state index in [1.54, 1.807) is 0 Å². The highest BCUT2D eigenvalue weighted by Crippen LogP contribution is 2.05. The molecule has 0 bridgehead atoms. The van der Waals surface area contributed by atoms with E-state index in [0.717, 1.165) is 13.1 Å². The molecular weight excluding hydrogens is 330 g/mol. The Morgan fingerprint density at radius 3 is 1.88 bits per heavy atom. The number of halogens is 2. The van der Waals surface area contributed by atoms with Gasteiger partial charge in [-0.25, -0.2) is 0 Å². The fraction of sp³-hybridized carbons (Fsp3) is 1.00. The Hall–Kier alpha value is 1.38. The van der Waals surface area contributed by atoms with Crippen LogP contribution < -0.4 is 10.6 Å². The topological polar surface area (TPSA) is 24.1 Å². The van der Waals surface area contributed by atoms with E-state index < -0.39 is 0 Å². The summed E-state index contributed by atoms with van der Waals surface area (Å²) in [5.74, 6) is 0. The molecular formula is C4H8I2N2. The molecule has 1 rings (SSSR count). The average Bonchev–Trinajstić information content (AvgIpc) is 1.64. The van der Waals surface area contributed by atoms with E-state index in [2.05, 4.69) is 55.8 Å². The second-order valence-corrected chi connectivity index (χ2v) is 4.77. The van der Waals surface area contributed by atoms with Gasteiger partial charge in [-0.15, -0.1) is 0 Å². The molecule has 4 heteroatoms. The van der Waals surface area contributed by atoms with Gasteiger partial charge < -0.3 is 5.32 Å². The maximum absolute atomic E-state index is 3.39. The highest BCUT2D eigenvalue weighted by Gasteiger charge is 2.13. The number of piperazine rings is 1. The Morgan fingerprint density at radius 1 is 1.12 bits per heavy atom. The zero-order valence-corrected chi connectivity index (χ0v) is 8.64.